The van der Waals surface area contributed by atoms with E-state index in [1.54, 1.807) is 0 Å². The summed E-state index contributed by atoms with van der Waals surface area (Å²) in [5.74, 6) is 0. The Bertz CT molecular complexity index is 361. The first-order valence-corrected chi connectivity index (χ1v) is 7.93. The van der Waals surface area contributed by atoms with Gasteiger partial charge in [-0.25, -0.2) is 0 Å². The van der Waals surface area contributed by atoms with Gasteiger partial charge in [-0.15, -0.1) is 0 Å². The number of aliphatic hydroxyl groups excluding tert-OH is 1. The molecule has 0 aromatic carbocycles. The molecule has 114 valence electrons. The predicted molar refractivity (Wildman–Crippen MR) is 73.1 cm³/mol. The van der Waals surface area contributed by atoms with E-state index in [4.69, 9.17) is 4.74 Å². The zero-order valence-electron chi connectivity index (χ0n) is 11.9. The third-order valence-corrected chi connectivity index (χ3v) is 5.35. The van der Waals surface area contributed by atoms with Crippen molar-refractivity contribution in [2.75, 3.05) is 60.1 Å². The molecular weight excluding hydrogens is 270 g/mol. The van der Waals surface area contributed by atoms with Crippen molar-refractivity contribution in [3.63, 3.8) is 0 Å². The number of likely N-dealkylation sites (N-methyl/N-ethyl adjacent to an activating group) is 1. The third kappa shape index (κ3) is 4.37. The summed E-state index contributed by atoms with van der Waals surface area (Å²) in [4.78, 5) is 2.08. The van der Waals surface area contributed by atoms with Crippen molar-refractivity contribution in [2.24, 2.45) is 0 Å². The molecule has 0 aliphatic carbocycles. The van der Waals surface area contributed by atoms with Crippen LogP contribution >= 0.6 is 0 Å². The molecular formula is C11H25N3O4S. The van der Waals surface area contributed by atoms with E-state index < -0.39 is 10.2 Å². The summed E-state index contributed by atoms with van der Waals surface area (Å²) < 4.78 is 32.1. The Kier molecular flexibility index (Phi) is 6.64. The maximum absolute atomic E-state index is 12.0. The molecule has 0 radical (unpaired) electrons. The average Bonchev–Trinajstić information content (AvgIpc) is 2.39. The Morgan fingerprint density at radius 2 is 2.11 bits per heavy atom. The van der Waals surface area contributed by atoms with E-state index in [1.807, 2.05) is 6.92 Å². The van der Waals surface area contributed by atoms with Gasteiger partial charge in [-0.05, 0) is 0 Å². The lowest BCUT2D eigenvalue weighted by Crippen LogP contribution is -2.51. The molecule has 7 nitrogen and oxygen atoms in total. The standard InChI is InChI=1S/C11H25N3O4S/c1-4-14(19(16,17)12(2)3)6-5-13-7-8-18-10-11(13)9-15/h11,15H,4-10H2,1-3H3. The highest BCUT2D eigenvalue weighted by atomic mass is 32.2. The Morgan fingerprint density at radius 1 is 1.42 bits per heavy atom. The minimum Gasteiger partial charge on any atom is -0.395 e. The lowest BCUT2D eigenvalue weighted by atomic mass is 10.2. The lowest BCUT2D eigenvalue weighted by Gasteiger charge is -2.35. The van der Waals surface area contributed by atoms with Crippen LogP contribution in [0.5, 0.6) is 0 Å². The number of nitrogens with zero attached hydrogens (tertiary/aromatic N) is 3. The van der Waals surface area contributed by atoms with Gasteiger partial charge in [-0.1, -0.05) is 6.92 Å². The van der Waals surface area contributed by atoms with E-state index in [0.717, 1.165) is 6.54 Å². The zero-order valence-corrected chi connectivity index (χ0v) is 12.8. The van der Waals surface area contributed by atoms with Gasteiger partial charge in [-0.2, -0.15) is 17.0 Å². The molecule has 0 amide bonds. The molecule has 1 heterocycles. The summed E-state index contributed by atoms with van der Waals surface area (Å²) in [6.07, 6.45) is 0. The molecule has 1 saturated heterocycles. The molecule has 1 rings (SSSR count). The summed E-state index contributed by atoms with van der Waals surface area (Å²) in [6, 6.07) is -0.0329. The van der Waals surface area contributed by atoms with E-state index in [2.05, 4.69) is 4.90 Å². The molecule has 1 N–H and O–H groups in total. The van der Waals surface area contributed by atoms with Crippen molar-refractivity contribution >= 4 is 10.2 Å². The third-order valence-electron chi connectivity index (χ3n) is 3.34. The lowest BCUT2D eigenvalue weighted by molar-refractivity contribution is -0.0282. The number of hydrogen-bond donors (Lipinski definition) is 1. The predicted octanol–water partition coefficient (Wildman–Crippen LogP) is -1.19. The van der Waals surface area contributed by atoms with E-state index in [0.29, 0.717) is 32.8 Å². The van der Waals surface area contributed by atoms with Crippen LogP contribution in [0.2, 0.25) is 0 Å². The summed E-state index contributed by atoms with van der Waals surface area (Å²) >= 11 is 0. The van der Waals surface area contributed by atoms with Crippen molar-refractivity contribution in [1.82, 2.24) is 13.5 Å². The van der Waals surface area contributed by atoms with E-state index >= 15 is 0 Å². The van der Waals surface area contributed by atoms with Gasteiger partial charge >= 0.3 is 0 Å². The molecule has 0 aromatic heterocycles. The van der Waals surface area contributed by atoms with Crippen molar-refractivity contribution in [1.29, 1.82) is 0 Å². The average molecular weight is 295 g/mol. The van der Waals surface area contributed by atoms with Gasteiger partial charge < -0.3 is 9.84 Å². The molecule has 1 aliphatic heterocycles. The molecule has 1 unspecified atom stereocenters. The van der Waals surface area contributed by atoms with Crippen LogP contribution in [0.3, 0.4) is 0 Å². The van der Waals surface area contributed by atoms with Gasteiger partial charge in [-0.3, -0.25) is 4.90 Å². The van der Waals surface area contributed by atoms with Crippen LogP contribution in [0, 0.1) is 0 Å². The topological polar surface area (TPSA) is 73.3 Å². The second-order valence-corrected chi connectivity index (χ2v) is 6.87. The van der Waals surface area contributed by atoms with E-state index in [9.17, 15) is 13.5 Å². The van der Waals surface area contributed by atoms with Crippen LogP contribution in [0.4, 0.5) is 0 Å². The maximum Gasteiger partial charge on any atom is 0.281 e. The number of morpholine rings is 1. The van der Waals surface area contributed by atoms with Crippen molar-refractivity contribution in [3.8, 4) is 0 Å². The molecule has 0 aromatic rings. The van der Waals surface area contributed by atoms with Crippen molar-refractivity contribution in [3.05, 3.63) is 0 Å². The Morgan fingerprint density at radius 3 is 2.63 bits per heavy atom. The fourth-order valence-corrected chi connectivity index (χ4v) is 3.16. The summed E-state index contributed by atoms with van der Waals surface area (Å²) in [5.41, 5.74) is 0. The van der Waals surface area contributed by atoms with Crippen molar-refractivity contribution in [2.45, 2.75) is 13.0 Å². The molecule has 1 aliphatic rings. The molecule has 19 heavy (non-hydrogen) atoms. The number of ether oxygens (including phenoxy) is 1. The summed E-state index contributed by atoms with van der Waals surface area (Å²) in [6.45, 7) is 5.19. The monoisotopic (exact) mass is 295 g/mol. The second kappa shape index (κ2) is 7.51. The summed E-state index contributed by atoms with van der Waals surface area (Å²) in [5, 5.41) is 9.27. The van der Waals surface area contributed by atoms with Gasteiger partial charge in [0.15, 0.2) is 0 Å². The quantitative estimate of drug-likeness (QED) is 0.639. The Balaban J connectivity index is 2.58. The first-order valence-electron chi connectivity index (χ1n) is 6.53. The van der Waals surface area contributed by atoms with Crippen LogP contribution in [-0.4, -0.2) is 93.2 Å². The van der Waals surface area contributed by atoms with Gasteiger partial charge in [0.05, 0.1) is 25.9 Å². The Labute approximate surface area is 115 Å². The van der Waals surface area contributed by atoms with E-state index in [1.165, 1.54) is 22.7 Å². The smallest absolute Gasteiger partial charge is 0.281 e. The highest BCUT2D eigenvalue weighted by Gasteiger charge is 2.26. The highest BCUT2D eigenvalue weighted by Crippen LogP contribution is 2.09. The van der Waals surface area contributed by atoms with Crippen LogP contribution in [0.1, 0.15) is 6.92 Å². The molecule has 0 bridgehead atoms. The first-order chi connectivity index (χ1) is 8.93. The minimum atomic E-state index is -3.37. The minimum absolute atomic E-state index is 0.0329. The second-order valence-electron chi connectivity index (χ2n) is 4.73. The largest absolute Gasteiger partial charge is 0.395 e. The van der Waals surface area contributed by atoms with Crippen LogP contribution in [-0.2, 0) is 14.9 Å². The highest BCUT2D eigenvalue weighted by molar-refractivity contribution is 7.86. The SMILES string of the molecule is CCN(CCN1CCOCC1CO)S(=O)(=O)N(C)C. The van der Waals surface area contributed by atoms with Gasteiger partial charge in [0.1, 0.15) is 0 Å². The van der Waals surface area contributed by atoms with Gasteiger partial charge in [0.25, 0.3) is 10.2 Å². The van der Waals surface area contributed by atoms with Crippen LogP contribution in [0.15, 0.2) is 0 Å². The summed E-state index contributed by atoms with van der Waals surface area (Å²) in [7, 11) is -0.306. The van der Waals surface area contributed by atoms with Crippen LogP contribution in [0.25, 0.3) is 0 Å². The van der Waals surface area contributed by atoms with Gasteiger partial charge in [0, 0.05) is 40.3 Å². The van der Waals surface area contributed by atoms with Crippen molar-refractivity contribution < 1.29 is 18.3 Å². The Hall–Kier alpha value is -0.250. The molecule has 8 heteroatoms. The number of rotatable bonds is 7. The van der Waals surface area contributed by atoms with Crippen LogP contribution < -0.4 is 0 Å². The fourth-order valence-electron chi connectivity index (χ4n) is 2.06. The fraction of sp³-hybridized carbons (Fsp3) is 1.00. The number of aliphatic hydroxyl groups is 1. The molecule has 1 atom stereocenters. The molecule has 0 spiro atoms. The first kappa shape index (κ1) is 16.8. The zero-order chi connectivity index (χ0) is 14.5. The number of hydrogen-bond acceptors (Lipinski definition) is 5. The maximum atomic E-state index is 12.0. The van der Waals surface area contributed by atoms with Gasteiger partial charge in [0.2, 0.25) is 0 Å². The molecule has 0 saturated carbocycles. The van der Waals surface area contributed by atoms with E-state index in [-0.39, 0.29) is 12.6 Å². The normalized spacial score (nSPS) is 22.3. The molecule has 1 fully saturated rings.